The molecule has 1 N–H and O–H groups in total. The van der Waals surface area contributed by atoms with E-state index in [-0.39, 0.29) is 24.1 Å². The number of anilines is 1. The summed E-state index contributed by atoms with van der Waals surface area (Å²) in [4.78, 5) is 25.4. The van der Waals surface area contributed by atoms with E-state index in [1.807, 2.05) is 0 Å². The Morgan fingerprint density at radius 3 is 2.96 bits per heavy atom. The SMILES string of the molecule is COc1cccc(NC(=O)CN(C)C(=O)CSc2nncs2)c1. The van der Waals surface area contributed by atoms with Gasteiger partial charge in [-0.25, -0.2) is 0 Å². The lowest BCUT2D eigenvalue weighted by Gasteiger charge is -2.16. The summed E-state index contributed by atoms with van der Waals surface area (Å²) < 4.78 is 5.82. The summed E-state index contributed by atoms with van der Waals surface area (Å²) in [6, 6.07) is 7.04. The molecular weight excluding hydrogens is 336 g/mol. The van der Waals surface area contributed by atoms with Crippen molar-refractivity contribution in [3.63, 3.8) is 0 Å². The number of rotatable bonds is 7. The average molecular weight is 352 g/mol. The van der Waals surface area contributed by atoms with E-state index in [1.54, 1.807) is 43.9 Å². The number of hydrogen-bond acceptors (Lipinski definition) is 7. The van der Waals surface area contributed by atoms with Crippen LogP contribution in [0.25, 0.3) is 0 Å². The molecule has 0 saturated carbocycles. The molecule has 23 heavy (non-hydrogen) atoms. The Labute approximate surface area is 142 Å². The van der Waals surface area contributed by atoms with Crippen LogP contribution in [0.5, 0.6) is 5.75 Å². The highest BCUT2D eigenvalue weighted by molar-refractivity contribution is 8.01. The highest BCUT2D eigenvalue weighted by Crippen LogP contribution is 2.19. The molecule has 1 aromatic carbocycles. The predicted octanol–water partition coefficient (Wildman–Crippen LogP) is 1.74. The standard InChI is InChI=1S/C14H16N4O3S2/c1-18(13(20)8-22-14-17-15-9-23-14)7-12(19)16-10-4-3-5-11(6-10)21-2/h3-6,9H,7-8H2,1-2H3,(H,16,19). The first-order valence-electron chi connectivity index (χ1n) is 6.65. The van der Waals surface area contributed by atoms with Gasteiger partial charge in [0.25, 0.3) is 0 Å². The third-order valence-electron chi connectivity index (χ3n) is 2.82. The van der Waals surface area contributed by atoms with Gasteiger partial charge in [-0.2, -0.15) is 0 Å². The van der Waals surface area contributed by atoms with E-state index in [2.05, 4.69) is 15.5 Å². The number of carbonyl (C=O) groups excluding carboxylic acids is 2. The highest BCUT2D eigenvalue weighted by Gasteiger charge is 2.14. The molecule has 0 fully saturated rings. The number of hydrogen-bond donors (Lipinski definition) is 1. The summed E-state index contributed by atoms with van der Waals surface area (Å²) in [6.07, 6.45) is 0. The van der Waals surface area contributed by atoms with Gasteiger partial charge in [-0.05, 0) is 12.1 Å². The molecule has 0 atom stereocenters. The number of carbonyl (C=O) groups is 2. The van der Waals surface area contributed by atoms with Crippen molar-refractivity contribution >= 4 is 40.6 Å². The molecule has 7 nitrogen and oxygen atoms in total. The zero-order chi connectivity index (χ0) is 16.7. The fraction of sp³-hybridized carbons (Fsp3) is 0.286. The van der Waals surface area contributed by atoms with Gasteiger partial charge in [0.15, 0.2) is 4.34 Å². The zero-order valence-corrected chi connectivity index (χ0v) is 14.3. The van der Waals surface area contributed by atoms with Crippen LogP contribution in [-0.2, 0) is 9.59 Å². The van der Waals surface area contributed by atoms with E-state index in [1.165, 1.54) is 28.0 Å². The smallest absolute Gasteiger partial charge is 0.243 e. The summed E-state index contributed by atoms with van der Waals surface area (Å²) >= 11 is 2.68. The Morgan fingerprint density at radius 1 is 1.43 bits per heavy atom. The van der Waals surface area contributed by atoms with E-state index in [4.69, 9.17) is 4.74 Å². The molecule has 0 saturated heterocycles. The van der Waals surface area contributed by atoms with Crippen LogP contribution in [0.3, 0.4) is 0 Å². The van der Waals surface area contributed by atoms with Crippen molar-refractivity contribution < 1.29 is 14.3 Å². The van der Waals surface area contributed by atoms with Gasteiger partial charge < -0.3 is 15.0 Å². The Kier molecular flexibility index (Phi) is 6.36. The lowest BCUT2D eigenvalue weighted by Crippen LogP contribution is -2.35. The van der Waals surface area contributed by atoms with Crippen LogP contribution in [0.1, 0.15) is 0 Å². The Balaban J connectivity index is 1.80. The maximum atomic E-state index is 12.0. The summed E-state index contributed by atoms with van der Waals surface area (Å²) in [7, 11) is 3.15. The first-order valence-corrected chi connectivity index (χ1v) is 8.52. The first-order chi connectivity index (χ1) is 11.1. The summed E-state index contributed by atoms with van der Waals surface area (Å²) in [5.41, 5.74) is 2.23. The van der Waals surface area contributed by atoms with E-state index in [9.17, 15) is 9.59 Å². The van der Waals surface area contributed by atoms with Crippen LogP contribution in [0.4, 0.5) is 5.69 Å². The molecule has 122 valence electrons. The molecule has 0 spiro atoms. The minimum atomic E-state index is -0.269. The van der Waals surface area contributed by atoms with Gasteiger partial charge in [-0.1, -0.05) is 29.2 Å². The van der Waals surface area contributed by atoms with Gasteiger partial charge in [-0.3, -0.25) is 9.59 Å². The minimum absolute atomic E-state index is 0.0211. The van der Waals surface area contributed by atoms with Crippen LogP contribution < -0.4 is 10.1 Å². The summed E-state index contributed by atoms with van der Waals surface area (Å²) in [6.45, 7) is -0.0211. The van der Waals surface area contributed by atoms with Crippen molar-refractivity contribution in [3.05, 3.63) is 29.8 Å². The Hall–Kier alpha value is -2.13. The molecule has 0 bridgehead atoms. The molecule has 0 radical (unpaired) electrons. The van der Waals surface area contributed by atoms with Crippen molar-refractivity contribution in [2.75, 3.05) is 31.8 Å². The minimum Gasteiger partial charge on any atom is -0.497 e. The Morgan fingerprint density at radius 2 is 2.26 bits per heavy atom. The maximum Gasteiger partial charge on any atom is 0.243 e. The highest BCUT2D eigenvalue weighted by atomic mass is 32.2. The van der Waals surface area contributed by atoms with Crippen LogP contribution in [0, 0.1) is 0 Å². The number of nitrogens with zero attached hydrogens (tertiary/aromatic N) is 3. The molecule has 1 aromatic heterocycles. The number of benzene rings is 1. The summed E-state index contributed by atoms with van der Waals surface area (Å²) in [5, 5.41) is 10.3. The Bertz CT molecular complexity index is 664. The molecule has 9 heteroatoms. The lowest BCUT2D eigenvalue weighted by molar-refractivity contribution is -0.131. The van der Waals surface area contributed by atoms with E-state index >= 15 is 0 Å². The fourth-order valence-electron chi connectivity index (χ4n) is 1.66. The topological polar surface area (TPSA) is 84.4 Å². The second-order valence-electron chi connectivity index (χ2n) is 4.52. The van der Waals surface area contributed by atoms with Crippen LogP contribution in [0.2, 0.25) is 0 Å². The largest absolute Gasteiger partial charge is 0.497 e. The molecule has 1 heterocycles. The molecule has 2 rings (SSSR count). The molecular formula is C14H16N4O3S2. The third kappa shape index (κ3) is 5.53. The van der Waals surface area contributed by atoms with Crippen molar-refractivity contribution in [3.8, 4) is 5.75 Å². The van der Waals surface area contributed by atoms with Crippen LogP contribution in [0.15, 0.2) is 34.1 Å². The van der Waals surface area contributed by atoms with Crippen LogP contribution >= 0.6 is 23.1 Å². The van der Waals surface area contributed by atoms with Gasteiger partial charge in [0.1, 0.15) is 11.3 Å². The van der Waals surface area contributed by atoms with Gasteiger partial charge >= 0.3 is 0 Å². The molecule has 0 unspecified atom stereocenters. The number of likely N-dealkylation sites (N-methyl/N-ethyl adjacent to an activating group) is 1. The van der Waals surface area contributed by atoms with E-state index in [0.717, 1.165) is 4.34 Å². The van der Waals surface area contributed by atoms with Crippen LogP contribution in [-0.4, -0.2) is 53.4 Å². The molecule has 2 aromatic rings. The predicted molar refractivity (Wildman–Crippen MR) is 89.9 cm³/mol. The zero-order valence-electron chi connectivity index (χ0n) is 12.7. The van der Waals surface area contributed by atoms with Crippen molar-refractivity contribution in [2.45, 2.75) is 4.34 Å². The van der Waals surface area contributed by atoms with Crippen molar-refractivity contribution in [1.29, 1.82) is 0 Å². The molecule has 0 aliphatic heterocycles. The maximum absolute atomic E-state index is 12.0. The fourth-order valence-corrected chi connectivity index (χ4v) is 3.09. The number of methoxy groups -OCH3 is 1. The average Bonchev–Trinajstić information content (AvgIpc) is 3.06. The quantitative estimate of drug-likeness (QED) is 0.764. The molecule has 2 amide bonds. The number of nitrogens with one attached hydrogen (secondary N) is 1. The third-order valence-corrected chi connectivity index (χ3v) is 4.66. The van der Waals surface area contributed by atoms with Gasteiger partial charge in [0, 0.05) is 18.8 Å². The number of thioether (sulfide) groups is 1. The molecule has 0 aliphatic rings. The number of amides is 2. The van der Waals surface area contributed by atoms with Crippen molar-refractivity contribution in [2.24, 2.45) is 0 Å². The van der Waals surface area contributed by atoms with E-state index < -0.39 is 0 Å². The lowest BCUT2D eigenvalue weighted by atomic mass is 10.3. The normalized spacial score (nSPS) is 10.2. The first kappa shape index (κ1) is 17.2. The second-order valence-corrected chi connectivity index (χ2v) is 6.58. The molecule has 0 aliphatic carbocycles. The summed E-state index contributed by atoms with van der Waals surface area (Å²) in [5.74, 6) is 0.458. The number of ether oxygens (including phenoxy) is 1. The van der Waals surface area contributed by atoms with Gasteiger partial charge in [-0.15, -0.1) is 10.2 Å². The van der Waals surface area contributed by atoms with E-state index in [0.29, 0.717) is 11.4 Å². The van der Waals surface area contributed by atoms with Gasteiger partial charge in [0.2, 0.25) is 11.8 Å². The van der Waals surface area contributed by atoms with Gasteiger partial charge in [0.05, 0.1) is 19.4 Å². The van der Waals surface area contributed by atoms with Crippen molar-refractivity contribution in [1.82, 2.24) is 15.1 Å². The number of aromatic nitrogens is 2. The monoisotopic (exact) mass is 352 g/mol. The second kappa shape index (κ2) is 8.49.